The number of carbonyl (C=O) groups is 2. The van der Waals surface area contributed by atoms with E-state index in [0.717, 1.165) is 25.5 Å². The summed E-state index contributed by atoms with van der Waals surface area (Å²) in [6, 6.07) is 0. The van der Waals surface area contributed by atoms with E-state index in [1.54, 1.807) is 0 Å². The highest BCUT2D eigenvalue weighted by atomic mass is 19.3. The van der Waals surface area contributed by atoms with Crippen LogP contribution in [-0.2, 0) is 20.9 Å². The first-order valence-electron chi connectivity index (χ1n) is 9.19. The van der Waals surface area contributed by atoms with Crippen molar-refractivity contribution in [2.45, 2.75) is 51.7 Å². The van der Waals surface area contributed by atoms with Crippen molar-refractivity contribution < 1.29 is 23.1 Å². The summed E-state index contributed by atoms with van der Waals surface area (Å²) < 4.78 is 31.1. The molecule has 8 heteroatoms. The Hall–Kier alpha value is -1.99. The van der Waals surface area contributed by atoms with Gasteiger partial charge in [0.25, 0.3) is 0 Å². The predicted molar refractivity (Wildman–Crippen MR) is 86.9 cm³/mol. The molecular formula is C18H23F2N3O3. The van der Waals surface area contributed by atoms with Crippen molar-refractivity contribution in [3.05, 3.63) is 18.2 Å². The molecule has 4 aliphatic carbocycles. The maximum absolute atomic E-state index is 12.7. The van der Waals surface area contributed by atoms with Crippen molar-refractivity contribution in [2.75, 3.05) is 6.54 Å². The van der Waals surface area contributed by atoms with Crippen LogP contribution in [-0.4, -0.2) is 28.0 Å². The molecule has 4 bridgehead atoms. The zero-order valence-corrected chi connectivity index (χ0v) is 14.5. The highest BCUT2D eigenvalue weighted by Gasteiger charge is 2.54. The molecule has 1 aromatic heterocycles. The minimum absolute atomic E-state index is 0.0271. The third-order valence-corrected chi connectivity index (χ3v) is 6.23. The van der Waals surface area contributed by atoms with E-state index in [-0.39, 0.29) is 30.3 Å². The number of halogens is 2. The summed E-state index contributed by atoms with van der Waals surface area (Å²) in [5.74, 6) is 1.21. The van der Waals surface area contributed by atoms with Gasteiger partial charge in [-0.15, -0.1) is 0 Å². The van der Waals surface area contributed by atoms with E-state index < -0.39 is 12.5 Å². The number of hydrogen-bond donors (Lipinski definition) is 1. The Morgan fingerprint density at radius 3 is 2.42 bits per heavy atom. The molecule has 0 aromatic carbocycles. The molecule has 0 aliphatic heterocycles. The Morgan fingerprint density at radius 1 is 1.23 bits per heavy atom. The normalized spacial score (nSPS) is 32.0. The van der Waals surface area contributed by atoms with Crippen LogP contribution in [0.4, 0.5) is 8.78 Å². The minimum atomic E-state index is -2.73. The van der Waals surface area contributed by atoms with Crippen molar-refractivity contribution in [1.82, 2.24) is 14.9 Å². The zero-order chi connectivity index (χ0) is 18.3. The average Bonchev–Trinajstić information content (AvgIpc) is 3.05. The fraction of sp³-hybridized carbons (Fsp3) is 0.722. The number of amides is 1. The van der Waals surface area contributed by atoms with Crippen LogP contribution in [0.5, 0.6) is 0 Å². The quantitative estimate of drug-likeness (QED) is 0.785. The van der Waals surface area contributed by atoms with Gasteiger partial charge in [0.15, 0.2) is 5.82 Å². The highest BCUT2D eigenvalue weighted by molar-refractivity contribution is 5.86. The van der Waals surface area contributed by atoms with E-state index in [4.69, 9.17) is 4.74 Å². The number of imidazole rings is 1. The molecule has 0 atom stereocenters. The summed E-state index contributed by atoms with van der Waals surface area (Å²) in [6.07, 6.45) is 8.85. The van der Waals surface area contributed by atoms with Gasteiger partial charge in [-0.3, -0.25) is 14.2 Å². The first-order valence-corrected chi connectivity index (χ1v) is 9.19. The monoisotopic (exact) mass is 367 g/mol. The van der Waals surface area contributed by atoms with Crippen LogP contribution >= 0.6 is 0 Å². The summed E-state index contributed by atoms with van der Waals surface area (Å²) in [7, 11) is 0. The minimum Gasteiger partial charge on any atom is -0.456 e. The van der Waals surface area contributed by atoms with Gasteiger partial charge >= 0.3 is 12.5 Å². The fourth-order valence-electron chi connectivity index (χ4n) is 5.56. The molecule has 6 nitrogen and oxygen atoms in total. The molecule has 1 amide bonds. The predicted octanol–water partition coefficient (Wildman–Crippen LogP) is 2.65. The molecule has 0 radical (unpaired) electrons. The second-order valence-corrected chi connectivity index (χ2v) is 8.07. The third kappa shape index (κ3) is 3.21. The van der Waals surface area contributed by atoms with Gasteiger partial charge in [0, 0.05) is 17.8 Å². The van der Waals surface area contributed by atoms with Gasteiger partial charge in [0.05, 0.1) is 0 Å². The number of nitrogens with one attached hydrogen (secondary N) is 1. The number of aromatic nitrogens is 2. The zero-order valence-electron chi connectivity index (χ0n) is 14.5. The Labute approximate surface area is 150 Å². The van der Waals surface area contributed by atoms with Gasteiger partial charge < -0.3 is 10.1 Å². The van der Waals surface area contributed by atoms with E-state index in [9.17, 15) is 18.4 Å². The van der Waals surface area contributed by atoms with Gasteiger partial charge in [-0.2, -0.15) is 8.78 Å². The largest absolute Gasteiger partial charge is 0.456 e. The molecule has 1 heterocycles. The topological polar surface area (TPSA) is 73.2 Å². The first-order chi connectivity index (χ1) is 12.4. The molecule has 0 unspecified atom stereocenters. The van der Waals surface area contributed by atoms with Gasteiger partial charge in [0.1, 0.15) is 13.2 Å². The van der Waals surface area contributed by atoms with Crippen LogP contribution in [0.2, 0.25) is 0 Å². The number of esters is 1. The van der Waals surface area contributed by atoms with E-state index in [1.807, 2.05) is 0 Å². The van der Waals surface area contributed by atoms with Gasteiger partial charge in [0.2, 0.25) is 5.91 Å². The second-order valence-electron chi connectivity index (χ2n) is 8.07. The maximum Gasteiger partial charge on any atom is 0.325 e. The number of hydrogen-bond acceptors (Lipinski definition) is 4. The van der Waals surface area contributed by atoms with Crippen molar-refractivity contribution in [3.8, 4) is 0 Å². The van der Waals surface area contributed by atoms with E-state index >= 15 is 0 Å². The summed E-state index contributed by atoms with van der Waals surface area (Å²) in [5, 5.41) is 2.72. The Kier molecular flexibility index (Phi) is 4.44. The van der Waals surface area contributed by atoms with Gasteiger partial charge in [-0.1, -0.05) is 0 Å². The molecule has 26 heavy (non-hydrogen) atoms. The van der Waals surface area contributed by atoms with Gasteiger partial charge in [-0.05, 0) is 56.3 Å². The van der Waals surface area contributed by atoms with Crippen LogP contribution in [0.15, 0.2) is 12.4 Å². The molecule has 1 aromatic rings. The number of nitrogens with zero attached hydrogens (tertiary/aromatic N) is 2. The Bertz CT molecular complexity index is 668. The summed E-state index contributed by atoms with van der Waals surface area (Å²) >= 11 is 0. The molecule has 4 aliphatic rings. The van der Waals surface area contributed by atoms with Crippen LogP contribution in [0.1, 0.15) is 50.9 Å². The van der Waals surface area contributed by atoms with E-state index in [0.29, 0.717) is 22.3 Å². The highest BCUT2D eigenvalue weighted by Crippen LogP contribution is 2.60. The molecular weight excluding hydrogens is 344 g/mol. The number of carbonyl (C=O) groups excluding carboxylic acids is 2. The van der Waals surface area contributed by atoms with Crippen LogP contribution in [0, 0.1) is 23.2 Å². The first kappa shape index (κ1) is 17.4. The van der Waals surface area contributed by atoms with E-state index in [2.05, 4.69) is 10.3 Å². The molecule has 1 N–H and O–H groups in total. The van der Waals surface area contributed by atoms with E-state index in [1.165, 1.54) is 25.5 Å². The number of alkyl halides is 2. The molecule has 4 saturated carbocycles. The maximum atomic E-state index is 12.7. The van der Waals surface area contributed by atoms with Crippen LogP contribution < -0.4 is 5.32 Å². The average molecular weight is 367 g/mol. The number of ether oxygens (including phenoxy) is 1. The van der Waals surface area contributed by atoms with Crippen LogP contribution in [0.3, 0.4) is 0 Å². The molecule has 142 valence electrons. The standard InChI is InChI=1S/C18H23F2N3O3/c19-17(20)23-2-1-21-14(23)10-26-15(24)9-22-16(25)18-6-11-3-12(7-18)5-13(4-11)8-18/h1-2,11-13,17H,3-10H2,(H,22,25). The van der Waals surface area contributed by atoms with Crippen molar-refractivity contribution in [1.29, 1.82) is 0 Å². The molecule has 0 saturated heterocycles. The Morgan fingerprint density at radius 2 is 1.85 bits per heavy atom. The second kappa shape index (κ2) is 6.63. The molecule has 0 spiro atoms. The lowest BCUT2D eigenvalue weighted by Crippen LogP contribution is -2.54. The molecule has 4 fully saturated rings. The SMILES string of the molecule is O=C(CNC(=O)C12CC3CC(CC(C3)C1)C2)OCc1nccn1C(F)F. The van der Waals surface area contributed by atoms with Crippen molar-refractivity contribution >= 4 is 11.9 Å². The fourth-order valence-corrected chi connectivity index (χ4v) is 5.56. The third-order valence-electron chi connectivity index (χ3n) is 6.23. The van der Waals surface area contributed by atoms with Crippen molar-refractivity contribution in [3.63, 3.8) is 0 Å². The summed E-state index contributed by atoms with van der Waals surface area (Å²) in [6.45, 7) is -3.32. The lowest BCUT2D eigenvalue weighted by Gasteiger charge is -2.55. The lowest BCUT2D eigenvalue weighted by molar-refractivity contribution is -0.151. The Balaban J connectivity index is 1.28. The summed E-state index contributed by atoms with van der Waals surface area (Å²) in [4.78, 5) is 28.4. The van der Waals surface area contributed by atoms with Crippen LogP contribution in [0.25, 0.3) is 0 Å². The smallest absolute Gasteiger partial charge is 0.325 e. The lowest BCUT2D eigenvalue weighted by atomic mass is 9.49. The van der Waals surface area contributed by atoms with Gasteiger partial charge in [-0.25, -0.2) is 4.98 Å². The summed E-state index contributed by atoms with van der Waals surface area (Å²) in [5.41, 5.74) is -0.318. The molecule has 5 rings (SSSR count). The van der Waals surface area contributed by atoms with Crippen molar-refractivity contribution in [2.24, 2.45) is 23.2 Å². The number of rotatable bonds is 6.